The molecule has 2 aromatic carbocycles. The van der Waals surface area contributed by atoms with E-state index in [9.17, 15) is 4.79 Å². The molecule has 0 saturated heterocycles. The monoisotopic (exact) mass is 339 g/mol. The summed E-state index contributed by atoms with van der Waals surface area (Å²) < 4.78 is 0. The summed E-state index contributed by atoms with van der Waals surface area (Å²) in [5.74, 6) is 0.0181. The third-order valence-electron chi connectivity index (χ3n) is 4.84. The summed E-state index contributed by atoms with van der Waals surface area (Å²) in [6, 6.07) is 14.6. The van der Waals surface area contributed by atoms with E-state index in [0.29, 0.717) is 0 Å². The molecule has 0 saturated carbocycles. The number of benzene rings is 2. The molecule has 2 nitrogen and oxygen atoms in total. The third kappa shape index (κ3) is 3.67. The second-order valence-electron chi connectivity index (χ2n) is 6.37. The van der Waals surface area contributed by atoms with Crippen LogP contribution in [0.5, 0.6) is 0 Å². The number of aryl methyl sites for hydroxylation is 2. The summed E-state index contributed by atoms with van der Waals surface area (Å²) in [5.41, 5.74) is 4.95. The Morgan fingerprint density at radius 3 is 2.62 bits per heavy atom. The second-order valence-corrected chi connectivity index (χ2v) is 7.22. The van der Waals surface area contributed by atoms with Gasteiger partial charge in [-0.15, -0.1) is 11.8 Å². The number of amides is 1. The molecule has 2 aromatic rings. The maximum Gasteiger partial charge on any atom is 0.252 e. The van der Waals surface area contributed by atoms with E-state index in [1.807, 2.05) is 30.5 Å². The Bertz CT molecular complexity index is 726. The van der Waals surface area contributed by atoms with Crippen molar-refractivity contribution in [2.45, 2.75) is 50.0 Å². The lowest BCUT2D eigenvalue weighted by Gasteiger charge is -2.22. The van der Waals surface area contributed by atoms with E-state index in [2.05, 4.69) is 30.4 Å². The highest BCUT2D eigenvalue weighted by Gasteiger charge is 2.18. The van der Waals surface area contributed by atoms with Gasteiger partial charge in [-0.2, -0.15) is 0 Å². The number of rotatable bonds is 5. The van der Waals surface area contributed by atoms with Crippen LogP contribution >= 0.6 is 11.8 Å². The van der Waals surface area contributed by atoms with Crippen molar-refractivity contribution in [1.29, 1.82) is 0 Å². The van der Waals surface area contributed by atoms with Crippen molar-refractivity contribution in [3.8, 4) is 0 Å². The lowest BCUT2D eigenvalue weighted by atomic mass is 9.88. The van der Waals surface area contributed by atoms with Crippen molar-refractivity contribution in [1.82, 2.24) is 5.32 Å². The second kappa shape index (κ2) is 7.89. The summed E-state index contributed by atoms with van der Waals surface area (Å²) >= 11 is 1.61. The smallest absolute Gasteiger partial charge is 0.252 e. The van der Waals surface area contributed by atoms with Crippen LogP contribution in [0.1, 0.15) is 59.3 Å². The Labute approximate surface area is 149 Å². The van der Waals surface area contributed by atoms with Gasteiger partial charge in [-0.25, -0.2) is 0 Å². The van der Waals surface area contributed by atoms with Crippen molar-refractivity contribution in [3.05, 3.63) is 64.7 Å². The number of thioether (sulfide) groups is 1. The van der Waals surface area contributed by atoms with Gasteiger partial charge in [-0.05, 0) is 67.2 Å². The fraction of sp³-hybridized carbons (Fsp3) is 0.381. The molecule has 1 N–H and O–H groups in total. The first-order chi connectivity index (χ1) is 11.7. The lowest BCUT2D eigenvalue weighted by Crippen LogP contribution is -2.28. The van der Waals surface area contributed by atoms with E-state index >= 15 is 0 Å². The Hall–Kier alpha value is -1.74. The van der Waals surface area contributed by atoms with Gasteiger partial charge in [-0.1, -0.05) is 37.3 Å². The Kier molecular flexibility index (Phi) is 5.62. The first-order valence-electron chi connectivity index (χ1n) is 8.78. The number of hydrogen-bond acceptors (Lipinski definition) is 2. The molecule has 0 bridgehead atoms. The molecule has 0 fully saturated rings. The Morgan fingerprint density at radius 2 is 1.88 bits per heavy atom. The molecule has 0 radical (unpaired) electrons. The van der Waals surface area contributed by atoms with Gasteiger partial charge in [0.15, 0.2) is 0 Å². The largest absolute Gasteiger partial charge is 0.345 e. The van der Waals surface area contributed by atoms with Gasteiger partial charge in [0.2, 0.25) is 0 Å². The third-order valence-corrected chi connectivity index (χ3v) is 5.64. The molecular weight excluding hydrogens is 314 g/mol. The molecule has 126 valence electrons. The van der Waals surface area contributed by atoms with E-state index in [4.69, 9.17) is 0 Å². The van der Waals surface area contributed by atoms with E-state index < -0.39 is 0 Å². The zero-order chi connectivity index (χ0) is 16.9. The van der Waals surface area contributed by atoms with Crippen LogP contribution in [-0.4, -0.2) is 12.2 Å². The normalized spacial score (nSPS) is 14.8. The summed E-state index contributed by atoms with van der Waals surface area (Å²) in [5, 5.41) is 3.23. The fourth-order valence-electron chi connectivity index (χ4n) is 3.46. The Balaban J connectivity index is 1.80. The maximum absolute atomic E-state index is 12.7. The fourth-order valence-corrected chi connectivity index (χ4v) is 4.05. The molecule has 0 unspecified atom stereocenters. The summed E-state index contributed by atoms with van der Waals surface area (Å²) in [4.78, 5) is 13.8. The van der Waals surface area contributed by atoms with Gasteiger partial charge in [0.05, 0.1) is 11.6 Å². The first-order valence-corrected chi connectivity index (χ1v) is 10.0. The standard InChI is InChI=1S/C21H25NOS/c1-3-19(17-13-12-15-8-4-5-9-16(15)14-17)22-21(23)18-10-6-7-11-20(18)24-2/h6-7,10-14,19H,3-5,8-9H2,1-2H3,(H,22,23)/t19-/m0/s1. The first kappa shape index (κ1) is 17.1. The number of nitrogens with one attached hydrogen (secondary N) is 1. The molecule has 0 heterocycles. The molecule has 24 heavy (non-hydrogen) atoms. The van der Waals surface area contributed by atoms with E-state index in [-0.39, 0.29) is 11.9 Å². The van der Waals surface area contributed by atoms with E-state index in [1.54, 1.807) is 11.8 Å². The minimum absolute atomic E-state index is 0.0181. The van der Waals surface area contributed by atoms with Gasteiger partial charge < -0.3 is 5.32 Å². The van der Waals surface area contributed by atoms with E-state index in [1.165, 1.54) is 42.4 Å². The van der Waals surface area contributed by atoms with E-state index in [0.717, 1.165) is 16.9 Å². The van der Waals surface area contributed by atoms with Crippen LogP contribution in [-0.2, 0) is 12.8 Å². The number of fused-ring (bicyclic) bond motifs is 1. The highest BCUT2D eigenvalue weighted by atomic mass is 32.2. The Morgan fingerprint density at radius 1 is 1.12 bits per heavy atom. The van der Waals surface area contributed by atoms with Crippen LogP contribution < -0.4 is 5.32 Å². The molecule has 0 aliphatic heterocycles. The predicted molar refractivity (Wildman–Crippen MR) is 102 cm³/mol. The van der Waals surface area contributed by atoms with Crippen LogP contribution in [0.25, 0.3) is 0 Å². The quantitative estimate of drug-likeness (QED) is 0.762. The molecule has 0 spiro atoms. The minimum Gasteiger partial charge on any atom is -0.345 e. The summed E-state index contributed by atoms with van der Waals surface area (Å²) in [7, 11) is 0. The molecular formula is C21H25NOS. The molecule has 1 aliphatic rings. The van der Waals surface area contributed by atoms with Gasteiger partial charge >= 0.3 is 0 Å². The molecule has 1 atom stereocenters. The van der Waals surface area contributed by atoms with Crippen LogP contribution in [0.2, 0.25) is 0 Å². The lowest BCUT2D eigenvalue weighted by molar-refractivity contribution is 0.0932. The van der Waals surface area contributed by atoms with Crippen molar-refractivity contribution in [2.24, 2.45) is 0 Å². The molecule has 3 heteroatoms. The van der Waals surface area contributed by atoms with Gasteiger partial charge in [-0.3, -0.25) is 4.79 Å². The van der Waals surface area contributed by atoms with Crippen LogP contribution in [0, 0.1) is 0 Å². The number of carbonyl (C=O) groups excluding carboxylic acids is 1. The van der Waals surface area contributed by atoms with Crippen LogP contribution in [0.3, 0.4) is 0 Å². The predicted octanol–water partition coefficient (Wildman–Crippen LogP) is 5.17. The molecule has 1 aliphatic carbocycles. The van der Waals surface area contributed by atoms with Gasteiger partial charge in [0.1, 0.15) is 0 Å². The van der Waals surface area contributed by atoms with Crippen molar-refractivity contribution in [3.63, 3.8) is 0 Å². The summed E-state index contributed by atoms with van der Waals surface area (Å²) in [6.07, 6.45) is 7.84. The average Bonchev–Trinajstić information content (AvgIpc) is 2.65. The number of hydrogen-bond donors (Lipinski definition) is 1. The zero-order valence-corrected chi connectivity index (χ0v) is 15.3. The van der Waals surface area contributed by atoms with Crippen LogP contribution in [0.4, 0.5) is 0 Å². The molecule has 0 aromatic heterocycles. The van der Waals surface area contributed by atoms with Crippen LogP contribution in [0.15, 0.2) is 47.4 Å². The zero-order valence-electron chi connectivity index (χ0n) is 14.5. The maximum atomic E-state index is 12.7. The highest BCUT2D eigenvalue weighted by Crippen LogP contribution is 2.27. The van der Waals surface area contributed by atoms with Gasteiger partial charge in [0.25, 0.3) is 5.91 Å². The highest BCUT2D eigenvalue weighted by molar-refractivity contribution is 7.98. The van der Waals surface area contributed by atoms with Crippen molar-refractivity contribution >= 4 is 17.7 Å². The topological polar surface area (TPSA) is 29.1 Å². The SMILES string of the molecule is CC[C@H](NC(=O)c1ccccc1SC)c1ccc2c(c1)CCCC2. The van der Waals surface area contributed by atoms with Crippen molar-refractivity contribution < 1.29 is 4.79 Å². The number of carbonyl (C=O) groups is 1. The minimum atomic E-state index is 0.0181. The van der Waals surface area contributed by atoms with Gasteiger partial charge in [0, 0.05) is 4.90 Å². The average molecular weight is 340 g/mol. The molecule has 3 rings (SSSR count). The summed E-state index contributed by atoms with van der Waals surface area (Å²) in [6.45, 7) is 2.13. The van der Waals surface area contributed by atoms with Crippen molar-refractivity contribution in [2.75, 3.05) is 6.26 Å². The molecule has 1 amide bonds.